The number of allylic oxidation sites excluding steroid dienone is 11. The molecule has 3 unspecified atom stereocenters. The summed E-state index contributed by atoms with van der Waals surface area (Å²) >= 11 is 0. The van der Waals surface area contributed by atoms with Crippen molar-refractivity contribution in [1.29, 1.82) is 0 Å². The summed E-state index contributed by atoms with van der Waals surface area (Å²) in [7, 11) is 1.50. The number of ether oxygens (including phenoxy) is 1. The lowest BCUT2D eigenvalue weighted by atomic mass is 10.0. The van der Waals surface area contributed by atoms with Crippen LogP contribution in [0, 0.1) is 0 Å². The Balaban J connectivity index is 5.02. The Morgan fingerprint density at radius 2 is 0.719 bits per heavy atom. The molecule has 10 heteroatoms. The third-order valence-corrected chi connectivity index (χ3v) is 18.1. The fourth-order valence-electron chi connectivity index (χ4n) is 11.3. The number of unbranched alkanes of at least 4 members (excludes halogenated alkanes) is 44. The molecule has 0 aliphatic carbocycles. The number of carbonyl (C=O) groups excluding carboxylic acids is 2. The van der Waals surface area contributed by atoms with Gasteiger partial charge in [-0.15, -0.1) is 0 Å². The molecule has 2 N–H and O–H groups in total. The van der Waals surface area contributed by atoms with E-state index in [1.165, 1.54) is 231 Å². The van der Waals surface area contributed by atoms with Crippen LogP contribution in [0.15, 0.2) is 72.9 Å². The van der Waals surface area contributed by atoms with Gasteiger partial charge < -0.3 is 19.4 Å². The van der Waals surface area contributed by atoms with Crippen LogP contribution in [-0.2, 0) is 27.9 Å². The average molecular weight is 1270 g/mol. The van der Waals surface area contributed by atoms with Crippen LogP contribution >= 0.6 is 7.82 Å². The van der Waals surface area contributed by atoms with Gasteiger partial charge >= 0.3 is 13.8 Å². The van der Waals surface area contributed by atoms with Crippen molar-refractivity contribution in [2.45, 2.75) is 380 Å². The highest BCUT2D eigenvalue weighted by atomic mass is 31.2. The van der Waals surface area contributed by atoms with E-state index in [1.54, 1.807) is 0 Å². The summed E-state index contributed by atoms with van der Waals surface area (Å²) in [5.74, 6) is -0.496. The van der Waals surface area contributed by atoms with E-state index in [9.17, 15) is 19.0 Å². The van der Waals surface area contributed by atoms with Gasteiger partial charge in [-0.05, 0) is 76.7 Å². The van der Waals surface area contributed by atoms with Crippen molar-refractivity contribution < 1.29 is 37.3 Å². The van der Waals surface area contributed by atoms with Crippen molar-refractivity contribution in [1.82, 2.24) is 5.32 Å². The van der Waals surface area contributed by atoms with Gasteiger partial charge in [0.2, 0.25) is 5.91 Å². The van der Waals surface area contributed by atoms with Gasteiger partial charge in [-0.2, -0.15) is 0 Å². The topological polar surface area (TPSA) is 111 Å². The largest absolute Gasteiger partial charge is 0.472 e. The summed E-state index contributed by atoms with van der Waals surface area (Å²) in [6.45, 7) is 6.95. The lowest BCUT2D eigenvalue weighted by molar-refractivity contribution is -0.870. The Hall–Kier alpha value is -2.55. The van der Waals surface area contributed by atoms with E-state index in [1.807, 2.05) is 33.3 Å². The molecule has 0 aromatic rings. The van der Waals surface area contributed by atoms with Crippen LogP contribution in [-0.4, -0.2) is 74.3 Å². The van der Waals surface area contributed by atoms with Crippen LogP contribution in [0.25, 0.3) is 0 Å². The number of likely N-dealkylation sites (N-methyl/N-ethyl adjacent to an activating group) is 1. The second kappa shape index (κ2) is 68.3. The number of quaternary nitrogens is 1. The second-order valence-corrected chi connectivity index (χ2v) is 28.6. The molecule has 9 nitrogen and oxygen atoms in total. The van der Waals surface area contributed by atoms with E-state index >= 15 is 0 Å². The number of hydrogen-bond donors (Lipinski definition) is 2. The molecule has 89 heavy (non-hydrogen) atoms. The first kappa shape index (κ1) is 86.5. The fourth-order valence-corrected chi connectivity index (χ4v) is 12.1. The fraction of sp³-hybridized carbons (Fsp3) is 0.823. The first-order chi connectivity index (χ1) is 43.4. The SMILES string of the molecule is CC/C=C\C/C=C\C/C=C\C/C=C\C/C=C\CCCCCCCCCCCC(=O)OC(/C=C/CCCCCCCCCCCCC)C(COP(=O)(O)OCC[N+](C)(C)C)NC(=O)CCCCCCCCCCCCCCCCCCCCCCCCCCC. The predicted molar refractivity (Wildman–Crippen MR) is 388 cm³/mol. The standard InChI is InChI=1S/C79H147N2O7P/c1-7-10-13-16-19-22-25-28-30-32-34-36-38-40-42-44-46-48-50-53-56-59-62-65-68-71-78(82)80-76(75-87-89(84,85)86-74-73-81(4,5)6)77(70-67-64-61-58-55-52-27-24-21-18-15-12-9-3)88-79(83)72-69-66-63-60-57-54-51-49-47-45-43-41-39-37-35-33-31-29-26-23-20-17-14-11-8-2/h11,14,20,23,29,31,35,37,41,43,67,70,76-77H,7-10,12-13,15-19,21-22,24-28,30,32-34,36,38-40,42,44-66,68-69,71-75H2,1-6H3,(H-,80,82,84,85)/p+1/b14-11-,23-20-,31-29-,37-35-,43-41-,70-67+. The highest BCUT2D eigenvalue weighted by molar-refractivity contribution is 7.47. The van der Waals surface area contributed by atoms with Gasteiger partial charge in [0.25, 0.3) is 0 Å². The number of esters is 1. The van der Waals surface area contributed by atoms with Gasteiger partial charge in [-0.3, -0.25) is 18.6 Å². The molecule has 3 atom stereocenters. The zero-order valence-electron chi connectivity index (χ0n) is 59.7. The number of nitrogens with zero attached hydrogens (tertiary/aromatic N) is 1. The van der Waals surface area contributed by atoms with Crippen molar-refractivity contribution in [2.75, 3.05) is 40.9 Å². The molecule has 0 spiro atoms. The molecule has 1 amide bonds. The average Bonchev–Trinajstić information content (AvgIpc) is 3.54. The molecular weight excluding hydrogens is 1120 g/mol. The summed E-state index contributed by atoms with van der Waals surface area (Å²) in [4.78, 5) is 38.0. The Labute approximate surface area is 553 Å². The molecule has 0 heterocycles. The summed E-state index contributed by atoms with van der Waals surface area (Å²) in [6, 6.07) is -0.853. The summed E-state index contributed by atoms with van der Waals surface area (Å²) in [5.41, 5.74) is 0. The molecule has 0 rings (SSSR count). The van der Waals surface area contributed by atoms with E-state index in [0.717, 1.165) is 103 Å². The number of rotatable bonds is 70. The smallest absolute Gasteiger partial charge is 0.456 e. The number of nitrogens with one attached hydrogen (secondary N) is 1. The molecule has 0 saturated heterocycles. The van der Waals surface area contributed by atoms with Crippen molar-refractivity contribution in [3.63, 3.8) is 0 Å². The van der Waals surface area contributed by atoms with E-state index in [2.05, 4.69) is 86.8 Å². The van der Waals surface area contributed by atoms with Crippen LogP contribution in [0.4, 0.5) is 0 Å². The molecule has 0 aliphatic heterocycles. The second-order valence-electron chi connectivity index (χ2n) is 27.2. The zero-order valence-corrected chi connectivity index (χ0v) is 60.6. The van der Waals surface area contributed by atoms with Crippen LogP contribution in [0.1, 0.15) is 367 Å². The van der Waals surface area contributed by atoms with E-state index < -0.39 is 20.0 Å². The van der Waals surface area contributed by atoms with Gasteiger partial charge in [0, 0.05) is 12.8 Å². The Morgan fingerprint density at radius 1 is 0.404 bits per heavy atom. The minimum absolute atomic E-state index is 0.0393. The Kier molecular flexibility index (Phi) is 66.4. The third kappa shape index (κ3) is 69.6. The zero-order chi connectivity index (χ0) is 64.9. The van der Waals surface area contributed by atoms with Crippen molar-refractivity contribution in [3.8, 4) is 0 Å². The molecule has 0 aromatic carbocycles. The lowest BCUT2D eigenvalue weighted by Crippen LogP contribution is -2.47. The van der Waals surface area contributed by atoms with Gasteiger partial charge in [0.05, 0.1) is 33.8 Å². The molecule has 0 saturated carbocycles. The van der Waals surface area contributed by atoms with E-state index in [-0.39, 0.29) is 31.5 Å². The van der Waals surface area contributed by atoms with Gasteiger partial charge in [0.1, 0.15) is 19.3 Å². The van der Waals surface area contributed by atoms with Crippen molar-refractivity contribution in [3.05, 3.63) is 72.9 Å². The monoisotopic (exact) mass is 1270 g/mol. The number of phosphoric ester groups is 1. The molecule has 520 valence electrons. The number of amides is 1. The Bertz CT molecular complexity index is 1750. The molecular formula is C79H148N2O7P+. The number of phosphoric acid groups is 1. The quantitative estimate of drug-likeness (QED) is 0.0205. The summed E-state index contributed by atoms with van der Waals surface area (Å²) < 4.78 is 30.9. The van der Waals surface area contributed by atoms with Gasteiger partial charge in [-0.1, -0.05) is 351 Å². The highest BCUT2D eigenvalue weighted by Gasteiger charge is 2.30. The van der Waals surface area contributed by atoms with Crippen molar-refractivity contribution >= 4 is 19.7 Å². The lowest BCUT2D eigenvalue weighted by Gasteiger charge is -2.27. The van der Waals surface area contributed by atoms with Gasteiger partial charge in [-0.25, -0.2) is 4.57 Å². The first-order valence-corrected chi connectivity index (χ1v) is 39.8. The maximum Gasteiger partial charge on any atom is 0.472 e. The number of carbonyl (C=O) groups is 2. The van der Waals surface area contributed by atoms with Gasteiger partial charge in [0.15, 0.2) is 0 Å². The highest BCUT2D eigenvalue weighted by Crippen LogP contribution is 2.43. The summed E-state index contributed by atoms with van der Waals surface area (Å²) in [6.07, 6.45) is 90.7. The normalized spacial score (nSPS) is 13.8. The van der Waals surface area contributed by atoms with Crippen LogP contribution < -0.4 is 5.32 Å². The molecule has 0 bridgehead atoms. The maximum absolute atomic E-state index is 13.7. The minimum Gasteiger partial charge on any atom is -0.456 e. The first-order valence-electron chi connectivity index (χ1n) is 38.3. The van der Waals surface area contributed by atoms with Crippen LogP contribution in [0.3, 0.4) is 0 Å². The molecule has 0 fully saturated rings. The van der Waals surface area contributed by atoms with E-state index in [0.29, 0.717) is 17.4 Å². The van der Waals surface area contributed by atoms with Crippen LogP contribution in [0.2, 0.25) is 0 Å². The minimum atomic E-state index is -4.46. The third-order valence-electron chi connectivity index (χ3n) is 17.2. The van der Waals surface area contributed by atoms with Crippen LogP contribution in [0.5, 0.6) is 0 Å². The predicted octanol–water partition coefficient (Wildman–Crippen LogP) is 24.7. The molecule has 0 aliphatic rings. The molecule has 0 aromatic heterocycles. The summed E-state index contributed by atoms with van der Waals surface area (Å²) in [5, 5.41) is 3.08. The molecule has 0 radical (unpaired) electrons. The number of hydrogen-bond acceptors (Lipinski definition) is 6. The Morgan fingerprint density at radius 3 is 1.08 bits per heavy atom. The van der Waals surface area contributed by atoms with E-state index in [4.69, 9.17) is 13.8 Å². The van der Waals surface area contributed by atoms with Crippen molar-refractivity contribution in [2.24, 2.45) is 0 Å². The maximum atomic E-state index is 13.7.